The number of hydrogen-bond donors (Lipinski definition) is 1. The van der Waals surface area contributed by atoms with Gasteiger partial charge in [-0.1, -0.05) is 39.8 Å². The van der Waals surface area contributed by atoms with E-state index in [1.54, 1.807) is 4.90 Å². The van der Waals surface area contributed by atoms with Crippen LogP contribution in [-0.2, 0) is 4.79 Å². The van der Waals surface area contributed by atoms with Crippen LogP contribution < -0.4 is 5.32 Å². The molecular weight excluding hydrogens is 316 g/mol. The zero-order chi connectivity index (χ0) is 18.4. The summed E-state index contributed by atoms with van der Waals surface area (Å²) in [5.74, 6) is 0.196. The van der Waals surface area contributed by atoms with E-state index in [9.17, 15) is 9.59 Å². The third-order valence-corrected chi connectivity index (χ3v) is 3.92. The second kappa shape index (κ2) is 8.70. The van der Waals surface area contributed by atoms with Crippen molar-refractivity contribution >= 4 is 28.5 Å². The van der Waals surface area contributed by atoms with Gasteiger partial charge in [0.05, 0.1) is 0 Å². The SMILES string of the molecule is CCCN(CCC)C(=O)c1oc2ccccc2c1NC(=O)CC(C)C. The highest BCUT2D eigenvalue weighted by Crippen LogP contribution is 2.32. The molecule has 0 saturated carbocycles. The van der Waals surface area contributed by atoms with Crippen molar-refractivity contribution in [2.24, 2.45) is 5.92 Å². The largest absolute Gasteiger partial charge is 0.449 e. The van der Waals surface area contributed by atoms with E-state index < -0.39 is 0 Å². The molecule has 1 N–H and O–H groups in total. The molecule has 0 spiro atoms. The second-order valence-corrected chi connectivity index (χ2v) is 6.74. The molecule has 2 aromatic rings. The molecule has 0 bridgehead atoms. The summed E-state index contributed by atoms with van der Waals surface area (Å²) in [6.45, 7) is 9.40. The maximum absolute atomic E-state index is 13.0. The van der Waals surface area contributed by atoms with Gasteiger partial charge in [0, 0.05) is 24.9 Å². The first-order valence-electron chi connectivity index (χ1n) is 9.08. The van der Waals surface area contributed by atoms with E-state index in [0.717, 1.165) is 18.2 Å². The highest BCUT2D eigenvalue weighted by atomic mass is 16.3. The van der Waals surface area contributed by atoms with E-state index in [1.807, 2.05) is 52.0 Å². The zero-order valence-corrected chi connectivity index (χ0v) is 15.6. The third-order valence-electron chi connectivity index (χ3n) is 3.92. The van der Waals surface area contributed by atoms with Crippen LogP contribution in [0.2, 0.25) is 0 Å². The van der Waals surface area contributed by atoms with E-state index in [0.29, 0.717) is 30.8 Å². The minimum Gasteiger partial charge on any atom is -0.449 e. The van der Waals surface area contributed by atoms with Crippen molar-refractivity contribution in [1.29, 1.82) is 0 Å². The summed E-state index contributed by atoms with van der Waals surface area (Å²) in [4.78, 5) is 27.1. The minimum absolute atomic E-state index is 0.104. The lowest BCUT2D eigenvalue weighted by molar-refractivity contribution is -0.116. The molecule has 5 nitrogen and oxygen atoms in total. The fourth-order valence-corrected chi connectivity index (χ4v) is 2.88. The van der Waals surface area contributed by atoms with Gasteiger partial charge in [0.25, 0.3) is 5.91 Å². The number of nitrogens with one attached hydrogen (secondary N) is 1. The number of benzene rings is 1. The number of hydrogen-bond acceptors (Lipinski definition) is 3. The smallest absolute Gasteiger partial charge is 0.291 e. The Bertz CT molecular complexity index is 728. The molecule has 0 saturated heterocycles. The molecule has 0 aliphatic rings. The van der Waals surface area contributed by atoms with Gasteiger partial charge in [-0.25, -0.2) is 0 Å². The van der Waals surface area contributed by atoms with Gasteiger partial charge in [-0.2, -0.15) is 0 Å². The van der Waals surface area contributed by atoms with Crippen LogP contribution >= 0.6 is 0 Å². The van der Waals surface area contributed by atoms with Gasteiger partial charge in [0.1, 0.15) is 11.3 Å². The average molecular weight is 344 g/mol. The van der Waals surface area contributed by atoms with Gasteiger partial charge in [0.2, 0.25) is 11.7 Å². The summed E-state index contributed by atoms with van der Waals surface area (Å²) in [7, 11) is 0. The lowest BCUT2D eigenvalue weighted by Gasteiger charge is -2.20. The molecule has 2 amide bonds. The van der Waals surface area contributed by atoms with Crippen LogP contribution in [0.15, 0.2) is 28.7 Å². The first-order chi connectivity index (χ1) is 12.0. The molecule has 0 unspecified atom stereocenters. The first kappa shape index (κ1) is 19.0. The van der Waals surface area contributed by atoms with Crippen LogP contribution in [-0.4, -0.2) is 29.8 Å². The predicted octanol–water partition coefficient (Wildman–Crippen LogP) is 4.68. The average Bonchev–Trinajstić information content (AvgIpc) is 2.92. The van der Waals surface area contributed by atoms with Crippen molar-refractivity contribution in [3.8, 4) is 0 Å². The van der Waals surface area contributed by atoms with Crippen LogP contribution in [0.25, 0.3) is 11.0 Å². The van der Waals surface area contributed by atoms with Gasteiger partial charge >= 0.3 is 0 Å². The van der Waals surface area contributed by atoms with E-state index in [4.69, 9.17) is 4.42 Å². The van der Waals surface area contributed by atoms with Gasteiger partial charge in [0.15, 0.2) is 0 Å². The first-order valence-corrected chi connectivity index (χ1v) is 9.08. The lowest BCUT2D eigenvalue weighted by Crippen LogP contribution is -2.33. The van der Waals surface area contributed by atoms with E-state index in [2.05, 4.69) is 5.32 Å². The highest BCUT2D eigenvalue weighted by Gasteiger charge is 2.25. The number of amides is 2. The molecule has 0 fully saturated rings. The molecule has 0 atom stereocenters. The number of carbonyl (C=O) groups excluding carboxylic acids is 2. The summed E-state index contributed by atoms with van der Waals surface area (Å²) in [6.07, 6.45) is 2.16. The van der Waals surface area contributed by atoms with E-state index in [-0.39, 0.29) is 23.5 Å². The van der Waals surface area contributed by atoms with Crippen LogP contribution in [0.4, 0.5) is 5.69 Å². The lowest BCUT2D eigenvalue weighted by atomic mass is 10.1. The molecule has 0 radical (unpaired) electrons. The standard InChI is InChI=1S/C20H28N2O3/c1-5-11-22(12-6-2)20(24)19-18(21-17(23)13-14(3)4)15-9-7-8-10-16(15)25-19/h7-10,14H,5-6,11-13H2,1-4H3,(H,21,23). The molecule has 5 heteroatoms. The molecule has 136 valence electrons. The number of rotatable bonds is 8. The Labute approximate surface area is 149 Å². The fraction of sp³-hybridized carbons (Fsp3) is 0.500. The van der Waals surface area contributed by atoms with Crippen LogP contribution in [0, 0.1) is 5.92 Å². The number of para-hydroxylation sites is 1. The molecule has 2 rings (SSSR count). The Hall–Kier alpha value is -2.30. The zero-order valence-electron chi connectivity index (χ0n) is 15.6. The fourth-order valence-electron chi connectivity index (χ4n) is 2.88. The molecule has 1 heterocycles. The number of furan rings is 1. The number of nitrogens with zero attached hydrogens (tertiary/aromatic N) is 1. The topological polar surface area (TPSA) is 62.6 Å². The van der Waals surface area contributed by atoms with Crippen molar-refractivity contribution in [3.63, 3.8) is 0 Å². The van der Waals surface area contributed by atoms with Gasteiger partial charge < -0.3 is 14.6 Å². The van der Waals surface area contributed by atoms with Gasteiger partial charge in [-0.05, 0) is 30.9 Å². The summed E-state index contributed by atoms with van der Waals surface area (Å²) in [6, 6.07) is 7.41. The van der Waals surface area contributed by atoms with E-state index in [1.165, 1.54) is 0 Å². The van der Waals surface area contributed by atoms with Crippen molar-refractivity contribution < 1.29 is 14.0 Å². The van der Waals surface area contributed by atoms with Crippen molar-refractivity contribution in [2.75, 3.05) is 18.4 Å². The summed E-state index contributed by atoms with van der Waals surface area (Å²) in [5, 5.41) is 3.66. The third kappa shape index (κ3) is 4.62. The van der Waals surface area contributed by atoms with Gasteiger partial charge in [-0.15, -0.1) is 0 Å². The van der Waals surface area contributed by atoms with Gasteiger partial charge in [-0.3, -0.25) is 9.59 Å². The van der Waals surface area contributed by atoms with Crippen molar-refractivity contribution in [2.45, 2.75) is 47.0 Å². The number of fused-ring (bicyclic) bond motifs is 1. The van der Waals surface area contributed by atoms with Crippen molar-refractivity contribution in [3.05, 3.63) is 30.0 Å². The molecular formula is C20H28N2O3. The monoisotopic (exact) mass is 344 g/mol. The van der Waals surface area contributed by atoms with E-state index >= 15 is 0 Å². The summed E-state index contributed by atoms with van der Waals surface area (Å²) in [5.41, 5.74) is 1.10. The minimum atomic E-state index is -0.167. The highest BCUT2D eigenvalue weighted by molar-refractivity contribution is 6.10. The molecule has 0 aliphatic heterocycles. The maximum Gasteiger partial charge on any atom is 0.291 e. The summed E-state index contributed by atoms with van der Waals surface area (Å²) >= 11 is 0. The molecule has 25 heavy (non-hydrogen) atoms. The Balaban J connectivity index is 2.42. The van der Waals surface area contributed by atoms with Crippen LogP contribution in [0.5, 0.6) is 0 Å². The Morgan fingerprint density at radius 3 is 2.36 bits per heavy atom. The second-order valence-electron chi connectivity index (χ2n) is 6.74. The normalized spacial score (nSPS) is 11.1. The Morgan fingerprint density at radius 1 is 1.12 bits per heavy atom. The molecule has 0 aliphatic carbocycles. The quantitative estimate of drug-likeness (QED) is 0.756. The van der Waals surface area contributed by atoms with Crippen molar-refractivity contribution in [1.82, 2.24) is 4.90 Å². The Morgan fingerprint density at radius 2 is 1.76 bits per heavy atom. The van der Waals surface area contributed by atoms with Crippen LogP contribution in [0.3, 0.4) is 0 Å². The van der Waals surface area contributed by atoms with Crippen LogP contribution in [0.1, 0.15) is 57.5 Å². The number of anilines is 1. The predicted molar refractivity (Wildman–Crippen MR) is 101 cm³/mol. The summed E-state index contributed by atoms with van der Waals surface area (Å²) < 4.78 is 5.83. The molecule has 1 aromatic heterocycles. The Kier molecular flexibility index (Phi) is 6.62. The number of carbonyl (C=O) groups is 2. The maximum atomic E-state index is 13.0. The molecule has 1 aromatic carbocycles.